The standard InChI is InChI=1S/C21H25FN2O3/c1-26-19-7-6-17(13-20(19)27-2)15-23-8-10-24(11-9-23)21(25)14-16-4-3-5-18(22)12-16/h3-7,12-13H,8-11,14-15H2,1-2H3. The molecule has 1 fully saturated rings. The fraction of sp³-hybridized carbons (Fsp3) is 0.381. The maximum atomic E-state index is 13.3. The second-order valence-electron chi connectivity index (χ2n) is 6.65. The van der Waals surface area contributed by atoms with E-state index in [9.17, 15) is 9.18 Å². The van der Waals surface area contributed by atoms with Crippen LogP contribution >= 0.6 is 0 Å². The minimum Gasteiger partial charge on any atom is -0.493 e. The van der Waals surface area contributed by atoms with Crippen molar-refractivity contribution in [2.75, 3.05) is 40.4 Å². The molecule has 3 rings (SSSR count). The molecule has 1 aliphatic heterocycles. The van der Waals surface area contributed by atoms with Crippen LogP contribution in [0, 0.1) is 5.82 Å². The van der Waals surface area contributed by atoms with Crippen molar-refractivity contribution >= 4 is 5.91 Å². The van der Waals surface area contributed by atoms with Gasteiger partial charge in [-0.2, -0.15) is 0 Å². The number of halogens is 1. The van der Waals surface area contributed by atoms with E-state index in [0.717, 1.165) is 30.9 Å². The normalized spacial score (nSPS) is 14.9. The third-order valence-corrected chi connectivity index (χ3v) is 4.82. The van der Waals surface area contributed by atoms with E-state index in [4.69, 9.17) is 9.47 Å². The highest BCUT2D eigenvalue weighted by Gasteiger charge is 2.21. The molecule has 1 heterocycles. The number of piperazine rings is 1. The van der Waals surface area contributed by atoms with Crippen LogP contribution in [0.25, 0.3) is 0 Å². The Hall–Kier alpha value is -2.60. The van der Waals surface area contributed by atoms with Crippen molar-refractivity contribution in [1.82, 2.24) is 9.80 Å². The molecule has 1 aliphatic rings. The van der Waals surface area contributed by atoms with E-state index in [2.05, 4.69) is 4.90 Å². The second kappa shape index (κ2) is 8.86. The highest BCUT2D eigenvalue weighted by molar-refractivity contribution is 5.78. The second-order valence-corrected chi connectivity index (χ2v) is 6.65. The minimum absolute atomic E-state index is 0.0476. The lowest BCUT2D eigenvalue weighted by Gasteiger charge is -2.35. The van der Waals surface area contributed by atoms with Crippen molar-refractivity contribution in [2.45, 2.75) is 13.0 Å². The molecule has 0 N–H and O–H groups in total. The van der Waals surface area contributed by atoms with E-state index >= 15 is 0 Å². The summed E-state index contributed by atoms with van der Waals surface area (Å²) in [7, 11) is 3.25. The Labute approximate surface area is 159 Å². The first-order chi connectivity index (χ1) is 13.1. The summed E-state index contributed by atoms with van der Waals surface area (Å²) in [5.41, 5.74) is 1.86. The fourth-order valence-electron chi connectivity index (χ4n) is 3.33. The fourth-order valence-corrected chi connectivity index (χ4v) is 3.33. The molecule has 1 amide bonds. The van der Waals surface area contributed by atoms with E-state index in [-0.39, 0.29) is 18.1 Å². The smallest absolute Gasteiger partial charge is 0.227 e. The van der Waals surface area contributed by atoms with Gasteiger partial charge in [-0.05, 0) is 35.4 Å². The molecule has 0 aliphatic carbocycles. The first-order valence-corrected chi connectivity index (χ1v) is 9.04. The van der Waals surface area contributed by atoms with Crippen LogP contribution in [0.5, 0.6) is 11.5 Å². The molecular weight excluding hydrogens is 347 g/mol. The maximum Gasteiger partial charge on any atom is 0.227 e. The SMILES string of the molecule is COc1ccc(CN2CCN(C(=O)Cc3cccc(F)c3)CC2)cc1OC. The predicted octanol–water partition coefficient (Wildman–Crippen LogP) is 2.73. The van der Waals surface area contributed by atoms with Crippen LogP contribution in [-0.2, 0) is 17.8 Å². The summed E-state index contributed by atoms with van der Waals surface area (Å²) in [5, 5.41) is 0. The topological polar surface area (TPSA) is 42.0 Å². The molecule has 0 atom stereocenters. The lowest BCUT2D eigenvalue weighted by Crippen LogP contribution is -2.48. The number of benzene rings is 2. The van der Waals surface area contributed by atoms with Gasteiger partial charge in [0.1, 0.15) is 5.82 Å². The Balaban J connectivity index is 1.52. The summed E-state index contributed by atoms with van der Waals surface area (Å²) in [5.74, 6) is 1.18. The number of rotatable bonds is 6. The van der Waals surface area contributed by atoms with Crippen LogP contribution < -0.4 is 9.47 Å². The highest BCUT2D eigenvalue weighted by Crippen LogP contribution is 2.28. The summed E-state index contributed by atoms with van der Waals surface area (Å²) in [6, 6.07) is 12.2. The van der Waals surface area contributed by atoms with Gasteiger partial charge in [-0.3, -0.25) is 9.69 Å². The van der Waals surface area contributed by atoms with Gasteiger partial charge in [-0.25, -0.2) is 4.39 Å². The van der Waals surface area contributed by atoms with Gasteiger partial charge in [0.15, 0.2) is 11.5 Å². The highest BCUT2D eigenvalue weighted by atomic mass is 19.1. The Morgan fingerprint density at radius 3 is 2.37 bits per heavy atom. The molecule has 6 heteroatoms. The lowest BCUT2D eigenvalue weighted by molar-refractivity contribution is -0.132. The van der Waals surface area contributed by atoms with E-state index in [1.54, 1.807) is 26.4 Å². The Morgan fingerprint density at radius 1 is 0.963 bits per heavy atom. The molecule has 27 heavy (non-hydrogen) atoms. The molecule has 1 saturated heterocycles. The average Bonchev–Trinajstić information content (AvgIpc) is 2.68. The summed E-state index contributed by atoms with van der Waals surface area (Å²) in [4.78, 5) is 16.6. The maximum absolute atomic E-state index is 13.3. The van der Waals surface area contributed by atoms with Gasteiger partial charge in [0.2, 0.25) is 5.91 Å². The van der Waals surface area contributed by atoms with Gasteiger partial charge in [-0.15, -0.1) is 0 Å². The Bertz CT molecular complexity index is 789. The van der Waals surface area contributed by atoms with Gasteiger partial charge in [0, 0.05) is 32.7 Å². The molecule has 0 unspecified atom stereocenters. The van der Waals surface area contributed by atoms with Crippen LogP contribution in [0.4, 0.5) is 4.39 Å². The number of methoxy groups -OCH3 is 2. The zero-order chi connectivity index (χ0) is 19.2. The van der Waals surface area contributed by atoms with Crippen molar-refractivity contribution in [1.29, 1.82) is 0 Å². The lowest BCUT2D eigenvalue weighted by atomic mass is 10.1. The van der Waals surface area contributed by atoms with E-state index in [1.165, 1.54) is 12.1 Å². The first-order valence-electron chi connectivity index (χ1n) is 9.04. The van der Waals surface area contributed by atoms with Crippen molar-refractivity contribution in [2.24, 2.45) is 0 Å². The van der Waals surface area contributed by atoms with E-state index < -0.39 is 0 Å². The third kappa shape index (κ3) is 4.98. The van der Waals surface area contributed by atoms with E-state index in [1.807, 2.05) is 23.1 Å². The van der Waals surface area contributed by atoms with Crippen LogP contribution in [0.1, 0.15) is 11.1 Å². The zero-order valence-electron chi connectivity index (χ0n) is 15.8. The number of amides is 1. The molecular formula is C21H25FN2O3. The minimum atomic E-state index is -0.306. The number of hydrogen-bond donors (Lipinski definition) is 0. The molecule has 0 radical (unpaired) electrons. The first kappa shape index (κ1) is 19.2. The van der Waals surface area contributed by atoms with Gasteiger partial charge >= 0.3 is 0 Å². The summed E-state index contributed by atoms with van der Waals surface area (Å²) in [6.07, 6.45) is 0.243. The van der Waals surface area contributed by atoms with Crippen molar-refractivity contribution in [3.63, 3.8) is 0 Å². The summed E-state index contributed by atoms with van der Waals surface area (Å²) in [6.45, 7) is 3.78. The average molecular weight is 372 g/mol. The Kier molecular flexibility index (Phi) is 6.29. The molecule has 144 valence electrons. The number of hydrogen-bond acceptors (Lipinski definition) is 4. The molecule has 2 aromatic carbocycles. The van der Waals surface area contributed by atoms with Gasteiger partial charge in [0.05, 0.1) is 20.6 Å². The molecule has 0 aromatic heterocycles. The Morgan fingerprint density at radius 2 is 1.70 bits per heavy atom. The van der Waals surface area contributed by atoms with Gasteiger partial charge in [-0.1, -0.05) is 18.2 Å². The largest absolute Gasteiger partial charge is 0.493 e. The zero-order valence-corrected chi connectivity index (χ0v) is 15.8. The van der Waals surface area contributed by atoms with Crippen molar-refractivity contribution in [3.05, 3.63) is 59.4 Å². The number of carbonyl (C=O) groups excluding carboxylic acids is 1. The van der Waals surface area contributed by atoms with Gasteiger partial charge in [0.25, 0.3) is 0 Å². The number of nitrogens with zero attached hydrogens (tertiary/aromatic N) is 2. The van der Waals surface area contributed by atoms with Crippen LogP contribution in [-0.4, -0.2) is 56.1 Å². The predicted molar refractivity (Wildman–Crippen MR) is 102 cm³/mol. The van der Waals surface area contributed by atoms with Crippen LogP contribution in [0.2, 0.25) is 0 Å². The third-order valence-electron chi connectivity index (χ3n) is 4.82. The number of carbonyl (C=O) groups is 1. The van der Waals surface area contributed by atoms with Crippen LogP contribution in [0.3, 0.4) is 0 Å². The molecule has 0 saturated carbocycles. The van der Waals surface area contributed by atoms with Crippen molar-refractivity contribution in [3.8, 4) is 11.5 Å². The molecule has 0 bridgehead atoms. The number of ether oxygens (including phenoxy) is 2. The summed E-state index contributed by atoms with van der Waals surface area (Å²) < 4.78 is 23.9. The van der Waals surface area contributed by atoms with Crippen LogP contribution in [0.15, 0.2) is 42.5 Å². The quantitative estimate of drug-likeness (QED) is 0.782. The van der Waals surface area contributed by atoms with Crippen molar-refractivity contribution < 1.29 is 18.7 Å². The molecule has 5 nitrogen and oxygen atoms in total. The monoisotopic (exact) mass is 372 g/mol. The van der Waals surface area contributed by atoms with Gasteiger partial charge < -0.3 is 14.4 Å². The molecule has 0 spiro atoms. The molecule has 2 aromatic rings. The van der Waals surface area contributed by atoms with E-state index in [0.29, 0.717) is 24.4 Å². The summed E-state index contributed by atoms with van der Waals surface area (Å²) >= 11 is 0.